The molecule has 30 heavy (non-hydrogen) atoms. The molecule has 2 fully saturated rings. The van der Waals surface area contributed by atoms with Crippen molar-refractivity contribution >= 4 is 17.7 Å². The Labute approximate surface area is 174 Å². The number of alkyl halides is 2. The summed E-state index contributed by atoms with van der Waals surface area (Å²) in [6.45, 7) is 7.64. The summed E-state index contributed by atoms with van der Waals surface area (Å²) in [5.74, 6) is -3.14. The maximum absolute atomic E-state index is 12.7. The Balaban J connectivity index is 1.53. The van der Waals surface area contributed by atoms with E-state index in [1.54, 1.807) is 18.3 Å². The molecule has 1 aliphatic carbocycles. The van der Waals surface area contributed by atoms with Gasteiger partial charge in [0.15, 0.2) is 0 Å². The van der Waals surface area contributed by atoms with Crippen molar-refractivity contribution in [3.63, 3.8) is 0 Å². The second-order valence-electron chi connectivity index (χ2n) is 8.79. The molecule has 10 heteroatoms. The highest BCUT2D eigenvalue weighted by molar-refractivity contribution is 5.92. The number of carbonyl (C=O) groups is 2. The number of ether oxygens (including phenoxy) is 1. The standard InChI is InChI=1S/C20H28F2N4O4/c1-19(2,3)15-12-25(7-8-26(15)18(28)29)13-4-5-14(24-11-13)17(27)23-6-9-30-16-10-20(16,21)22/h4-5,11,15-16H,6-10,12H2,1-3H3,(H,23,27)(H,28,29). The predicted molar refractivity (Wildman–Crippen MR) is 106 cm³/mol. The number of carbonyl (C=O) groups excluding carboxylic acids is 1. The molecule has 2 atom stereocenters. The zero-order chi connectivity index (χ0) is 22.1. The minimum atomic E-state index is -2.73. The molecule has 1 aliphatic heterocycles. The molecule has 0 radical (unpaired) electrons. The third kappa shape index (κ3) is 5.16. The summed E-state index contributed by atoms with van der Waals surface area (Å²) < 4.78 is 30.4. The van der Waals surface area contributed by atoms with Gasteiger partial charge in [-0.15, -0.1) is 0 Å². The Hall–Kier alpha value is -2.49. The molecule has 166 valence electrons. The number of hydrogen-bond acceptors (Lipinski definition) is 5. The van der Waals surface area contributed by atoms with E-state index < -0.39 is 24.0 Å². The summed E-state index contributed by atoms with van der Waals surface area (Å²) in [7, 11) is 0. The van der Waals surface area contributed by atoms with Crippen LogP contribution >= 0.6 is 0 Å². The fraction of sp³-hybridized carbons (Fsp3) is 0.650. The highest BCUT2D eigenvalue weighted by Crippen LogP contribution is 2.44. The minimum Gasteiger partial charge on any atom is -0.465 e. The molecule has 1 saturated heterocycles. The van der Waals surface area contributed by atoms with Crippen molar-refractivity contribution in [1.29, 1.82) is 0 Å². The Morgan fingerprint density at radius 2 is 2.03 bits per heavy atom. The van der Waals surface area contributed by atoms with Gasteiger partial charge in [-0.3, -0.25) is 4.79 Å². The van der Waals surface area contributed by atoms with Crippen molar-refractivity contribution in [2.24, 2.45) is 5.41 Å². The number of anilines is 1. The number of hydrogen-bond donors (Lipinski definition) is 2. The second kappa shape index (κ2) is 8.33. The van der Waals surface area contributed by atoms with Crippen LogP contribution in [-0.2, 0) is 4.74 Å². The van der Waals surface area contributed by atoms with E-state index in [0.29, 0.717) is 19.6 Å². The van der Waals surface area contributed by atoms with Crippen LogP contribution in [0.15, 0.2) is 18.3 Å². The fourth-order valence-corrected chi connectivity index (χ4v) is 3.52. The monoisotopic (exact) mass is 426 g/mol. The van der Waals surface area contributed by atoms with Crippen molar-refractivity contribution in [2.75, 3.05) is 37.7 Å². The van der Waals surface area contributed by atoms with E-state index in [4.69, 9.17) is 4.74 Å². The van der Waals surface area contributed by atoms with Gasteiger partial charge in [-0.05, 0) is 17.5 Å². The lowest BCUT2D eigenvalue weighted by atomic mass is 9.84. The molecule has 1 aromatic heterocycles. The number of amides is 2. The highest BCUT2D eigenvalue weighted by Gasteiger charge is 2.58. The second-order valence-corrected chi connectivity index (χ2v) is 8.79. The van der Waals surface area contributed by atoms with Crippen molar-refractivity contribution in [1.82, 2.24) is 15.2 Å². The van der Waals surface area contributed by atoms with E-state index in [-0.39, 0.29) is 36.7 Å². The van der Waals surface area contributed by atoms with Gasteiger partial charge in [0.25, 0.3) is 11.8 Å². The van der Waals surface area contributed by atoms with Crippen LogP contribution in [-0.4, -0.2) is 77.8 Å². The first-order chi connectivity index (χ1) is 14.0. The van der Waals surface area contributed by atoms with Crippen molar-refractivity contribution in [2.45, 2.75) is 45.3 Å². The van der Waals surface area contributed by atoms with Crippen LogP contribution < -0.4 is 10.2 Å². The third-order valence-electron chi connectivity index (χ3n) is 5.45. The first-order valence-electron chi connectivity index (χ1n) is 9.97. The lowest BCUT2D eigenvalue weighted by Crippen LogP contribution is -2.59. The Morgan fingerprint density at radius 3 is 2.57 bits per heavy atom. The molecular weight excluding hydrogens is 398 g/mol. The lowest BCUT2D eigenvalue weighted by molar-refractivity contribution is 0.0145. The molecule has 0 spiro atoms. The molecule has 2 N–H and O–H groups in total. The van der Waals surface area contributed by atoms with E-state index in [2.05, 4.69) is 15.2 Å². The Morgan fingerprint density at radius 1 is 1.33 bits per heavy atom. The quantitative estimate of drug-likeness (QED) is 0.679. The van der Waals surface area contributed by atoms with Gasteiger partial charge in [0.05, 0.1) is 24.5 Å². The lowest BCUT2D eigenvalue weighted by Gasteiger charge is -2.46. The molecule has 2 unspecified atom stereocenters. The highest BCUT2D eigenvalue weighted by atomic mass is 19.3. The number of rotatable bonds is 6. The van der Waals surface area contributed by atoms with Gasteiger partial charge in [-0.2, -0.15) is 0 Å². The molecule has 2 amide bonds. The zero-order valence-corrected chi connectivity index (χ0v) is 17.4. The molecule has 8 nitrogen and oxygen atoms in total. The largest absolute Gasteiger partial charge is 0.465 e. The first kappa shape index (κ1) is 22.2. The smallest absolute Gasteiger partial charge is 0.407 e. The molecule has 2 heterocycles. The summed E-state index contributed by atoms with van der Waals surface area (Å²) in [4.78, 5) is 31.5. The Bertz CT molecular complexity index is 782. The van der Waals surface area contributed by atoms with Gasteiger partial charge in [0.1, 0.15) is 11.8 Å². The van der Waals surface area contributed by atoms with Gasteiger partial charge in [-0.25, -0.2) is 18.6 Å². The summed E-state index contributed by atoms with van der Waals surface area (Å²) in [6.07, 6.45) is -0.632. The minimum absolute atomic E-state index is 0.0200. The number of piperazine rings is 1. The van der Waals surface area contributed by atoms with Crippen molar-refractivity contribution in [3.8, 4) is 0 Å². The first-order valence-corrected chi connectivity index (χ1v) is 9.97. The summed E-state index contributed by atoms with van der Waals surface area (Å²) in [6, 6.07) is 3.20. The topological polar surface area (TPSA) is 95.0 Å². The van der Waals surface area contributed by atoms with E-state index in [0.717, 1.165) is 5.69 Å². The van der Waals surface area contributed by atoms with Crippen LogP contribution in [0.2, 0.25) is 0 Å². The van der Waals surface area contributed by atoms with Crippen LogP contribution in [0.1, 0.15) is 37.7 Å². The molecule has 0 bridgehead atoms. The number of halogens is 2. The summed E-state index contributed by atoms with van der Waals surface area (Å²) >= 11 is 0. The van der Waals surface area contributed by atoms with Gasteiger partial charge in [0, 0.05) is 32.6 Å². The van der Waals surface area contributed by atoms with Crippen molar-refractivity contribution in [3.05, 3.63) is 24.0 Å². The van der Waals surface area contributed by atoms with Crippen LogP contribution in [0.5, 0.6) is 0 Å². The molecule has 1 saturated carbocycles. The van der Waals surface area contributed by atoms with Gasteiger partial charge < -0.3 is 25.0 Å². The number of nitrogens with zero attached hydrogens (tertiary/aromatic N) is 3. The van der Waals surface area contributed by atoms with Crippen LogP contribution in [0.3, 0.4) is 0 Å². The number of carboxylic acid groups (broad SMARTS) is 1. The fourth-order valence-electron chi connectivity index (χ4n) is 3.52. The molecule has 0 aromatic carbocycles. The zero-order valence-electron chi connectivity index (χ0n) is 17.4. The molecule has 3 rings (SSSR count). The van der Waals surface area contributed by atoms with E-state index in [1.165, 1.54) is 4.90 Å². The number of aromatic nitrogens is 1. The number of pyridine rings is 1. The van der Waals surface area contributed by atoms with Gasteiger partial charge in [-0.1, -0.05) is 20.8 Å². The predicted octanol–water partition coefficient (Wildman–Crippen LogP) is 2.45. The van der Waals surface area contributed by atoms with Crippen LogP contribution in [0.25, 0.3) is 0 Å². The SMILES string of the molecule is CC(C)(C)C1CN(c2ccc(C(=O)NCCOC3CC3(F)F)nc2)CCN1C(=O)O. The Kier molecular flexibility index (Phi) is 6.16. The number of nitrogens with one attached hydrogen (secondary N) is 1. The molecular formula is C20H28F2N4O4. The maximum Gasteiger partial charge on any atom is 0.407 e. The summed E-state index contributed by atoms with van der Waals surface area (Å²) in [5, 5.41) is 12.1. The van der Waals surface area contributed by atoms with Crippen LogP contribution in [0.4, 0.5) is 19.3 Å². The average molecular weight is 426 g/mol. The maximum atomic E-state index is 12.7. The van der Waals surface area contributed by atoms with E-state index in [9.17, 15) is 23.5 Å². The van der Waals surface area contributed by atoms with E-state index in [1.807, 2.05) is 20.8 Å². The third-order valence-corrected chi connectivity index (χ3v) is 5.45. The molecule has 1 aromatic rings. The van der Waals surface area contributed by atoms with Gasteiger partial charge >= 0.3 is 6.09 Å². The van der Waals surface area contributed by atoms with E-state index >= 15 is 0 Å². The van der Waals surface area contributed by atoms with Crippen LogP contribution in [0, 0.1) is 5.41 Å². The van der Waals surface area contributed by atoms with Gasteiger partial charge in [0.2, 0.25) is 0 Å². The van der Waals surface area contributed by atoms with Crippen molar-refractivity contribution < 1.29 is 28.2 Å². The normalized spacial score (nSPS) is 23.2. The molecule has 2 aliphatic rings. The summed E-state index contributed by atoms with van der Waals surface area (Å²) in [5.41, 5.74) is 0.800. The average Bonchev–Trinajstić information content (AvgIpc) is 3.30.